The molecular weight excluding hydrogens is 352 g/mol. The molecule has 27 heavy (non-hydrogen) atoms. The SMILES string of the molecule is Cc1cnc(CNC(=O)C[C@H]2COCCN2C(=O)CCn2cnnn2)cn1. The van der Waals surface area contributed by atoms with Gasteiger partial charge in [0.1, 0.15) is 6.33 Å². The van der Waals surface area contributed by atoms with E-state index in [0.29, 0.717) is 38.5 Å². The van der Waals surface area contributed by atoms with Gasteiger partial charge in [-0.05, 0) is 17.4 Å². The highest BCUT2D eigenvalue weighted by molar-refractivity contribution is 5.80. The number of hydrogen-bond acceptors (Lipinski definition) is 8. The lowest BCUT2D eigenvalue weighted by molar-refractivity contribution is -0.142. The molecule has 0 spiro atoms. The fraction of sp³-hybridized carbons (Fsp3) is 0.562. The molecule has 0 saturated carbocycles. The number of morpholine rings is 1. The second-order valence-electron chi connectivity index (χ2n) is 6.27. The maximum Gasteiger partial charge on any atom is 0.224 e. The van der Waals surface area contributed by atoms with Gasteiger partial charge in [-0.3, -0.25) is 19.6 Å². The summed E-state index contributed by atoms with van der Waals surface area (Å²) in [6.45, 7) is 3.82. The van der Waals surface area contributed by atoms with Gasteiger partial charge in [0, 0.05) is 25.6 Å². The molecule has 144 valence electrons. The molecule has 2 aromatic rings. The number of aryl methyl sites for hydroxylation is 2. The highest BCUT2D eigenvalue weighted by atomic mass is 16.5. The molecule has 0 unspecified atom stereocenters. The lowest BCUT2D eigenvalue weighted by Gasteiger charge is -2.35. The molecule has 0 aromatic carbocycles. The summed E-state index contributed by atoms with van der Waals surface area (Å²) in [4.78, 5) is 34.9. The van der Waals surface area contributed by atoms with Crippen LogP contribution in [0.15, 0.2) is 18.7 Å². The van der Waals surface area contributed by atoms with E-state index in [1.54, 1.807) is 17.3 Å². The van der Waals surface area contributed by atoms with E-state index in [-0.39, 0.29) is 30.7 Å². The van der Waals surface area contributed by atoms with Crippen molar-refractivity contribution in [3.63, 3.8) is 0 Å². The highest BCUT2D eigenvalue weighted by Gasteiger charge is 2.28. The van der Waals surface area contributed by atoms with E-state index in [4.69, 9.17) is 4.74 Å². The number of nitrogens with one attached hydrogen (secondary N) is 1. The number of hydrogen-bond donors (Lipinski definition) is 1. The number of amides is 2. The zero-order valence-corrected chi connectivity index (χ0v) is 15.1. The maximum atomic E-state index is 12.5. The van der Waals surface area contributed by atoms with Gasteiger partial charge in [0.15, 0.2) is 0 Å². The number of carbonyl (C=O) groups is 2. The molecule has 1 N–H and O–H groups in total. The first kappa shape index (κ1) is 18.8. The molecule has 2 aromatic heterocycles. The van der Waals surface area contributed by atoms with Crippen LogP contribution in [0.1, 0.15) is 24.2 Å². The van der Waals surface area contributed by atoms with Crippen LogP contribution in [0.5, 0.6) is 0 Å². The minimum absolute atomic E-state index is 0.0454. The third kappa shape index (κ3) is 5.51. The second-order valence-corrected chi connectivity index (χ2v) is 6.27. The van der Waals surface area contributed by atoms with Crippen LogP contribution in [-0.4, -0.2) is 72.7 Å². The summed E-state index contributed by atoms with van der Waals surface area (Å²) in [7, 11) is 0. The van der Waals surface area contributed by atoms with E-state index in [1.165, 1.54) is 11.0 Å². The summed E-state index contributed by atoms with van der Waals surface area (Å²) in [6.07, 6.45) is 5.19. The summed E-state index contributed by atoms with van der Waals surface area (Å²) < 4.78 is 6.96. The van der Waals surface area contributed by atoms with Gasteiger partial charge in [-0.1, -0.05) is 0 Å². The standard InChI is InChI=1S/C16H22N8O3/c1-12-7-18-13(8-17-12)9-19-15(25)6-14-10-27-5-4-24(14)16(26)2-3-23-11-20-21-22-23/h7-8,11,14H,2-6,9-10H2,1H3,(H,19,25)/t14-/m0/s1. The van der Waals surface area contributed by atoms with E-state index in [1.807, 2.05) is 6.92 Å². The topological polar surface area (TPSA) is 128 Å². The Morgan fingerprint density at radius 1 is 1.33 bits per heavy atom. The number of carbonyl (C=O) groups excluding carboxylic acids is 2. The van der Waals surface area contributed by atoms with Crippen LogP contribution < -0.4 is 5.32 Å². The van der Waals surface area contributed by atoms with Crippen molar-refractivity contribution in [3.8, 4) is 0 Å². The predicted octanol–water partition coefficient (Wildman–Crippen LogP) is -0.904. The van der Waals surface area contributed by atoms with Crippen molar-refractivity contribution < 1.29 is 14.3 Å². The van der Waals surface area contributed by atoms with Crippen LogP contribution in [0.2, 0.25) is 0 Å². The number of ether oxygens (including phenoxy) is 1. The normalized spacial score (nSPS) is 16.9. The Bertz CT molecular complexity index is 750. The van der Waals surface area contributed by atoms with E-state index >= 15 is 0 Å². The lowest BCUT2D eigenvalue weighted by Crippen LogP contribution is -2.50. The Morgan fingerprint density at radius 3 is 2.96 bits per heavy atom. The van der Waals surface area contributed by atoms with Gasteiger partial charge in [0.05, 0.1) is 49.9 Å². The Labute approximate surface area is 156 Å². The Kier molecular flexibility index (Phi) is 6.36. The summed E-state index contributed by atoms with van der Waals surface area (Å²) in [5, 5.41) is 13.6. The van der Waals surface area contributed by atoms with Crippen LogP contribution >= 0.6 is 0 Å². The van der Waals surface area contributed by atoms with Crippen LogP contribution in [0.3, 0.4) is 0 Å². The average Bonchev–Trinajstić information content (AvgIpc) is 3.20. The summed E-state index contributed by atoms with van der Waals surface area (Å²) >= 11 is 0. The first-order valence-electron chi connectivity index (χ1n) is 8.74. The Hall–Kier alpha value is -2.95. The fourth-order valence-corrected chi connectivity index (χ4v) is 2.77. The van der Waals surface area contributed by atoms with Gasteiger partial charge in [-0.2, -0.15) is 0 Å². The molecule has 3 heterocycles. The smallest absolute Gasteiger partial charge is 0.224 e. The molecule has 11 nitrogen and oxygen atoms in total. The van der Waals surface area contributed by atoms with E-state index < -0.39 is 0 Å². The van der Waals surface area contributed by atoms with Crippen molar-refractivity contribution in [1.82, 2.24) is 40.4 Å². The highest BCUT2D eigenvalue weighted by Crippen LogP contribution is 2.13. The first-order chi connectivity index (χ1) is 13.1. The lowest BCUT2D eigenvalue weighted by atomic mass is 10.1. The van der Waals surface area contributed by atoms with Gasteiger partial charge in [0.25, 0.3) is 0 Å². The van der Waals surface area contributed by atoms with Gasteiger partial charge in [-0.25, -0.2) is 4.68 Å². The number of aromatic nitrogens is 6. The summed E-state index contributed by atoms with van der Waals surface area (Å²) in [5.41, 5.74) is 1.50. The maximum absolute atomic E-state index is 12.5. The van der Waals surface area contributed by atoms with Gasteiger partial charge in [-0.15, -0.1) is 5.10 Å². The van der Waals surface area contributed by atoms with Crippen molar-refractivity contribution >= 4 is 11.8 Å². The molecule has 1 atom stereocenters. The van der Waals surface area contributed by atoms with Crippen LogP contribution in [0.4, 0.5) is 0 Å². The second kappa shape index (κ2) is 9.12. The van der Waals surface area contributed by atoms with Crippen molar-refractivity contribution in [1.29, 1.82) is 0 Å². The minimum atomic E-state index is -0.288. The predicted molar refractivity (Wildman–Crippen MR) is 92.0 cm³/mol. The van der Waals surface area contributed by atoms with Crippen LogP contribution in [-0.2, 0) is 27.4 Å². The van der Waals surface area contributed by atoms with Crippen molar-refractivity contribution in [2.75, 3.05) is 19.8 Å². The fourth-order valence-electron chi connectivity index (χ4n) is 2.77. The molecular formula is C16H22N8O3. The third-order valence-electron chi connectivity index (χ3n) is 4.22. The number of rotatable bonds is 7. The first-order valence-corrected chi connectivity index (χ1v) is 8.74. The number of nitrogens with zero attached hydrogens (tertiary/aromatic N) is 7. The largest absolute Gasteiger partial charge is 0.377 e. The average molecular weight is 374 g/mol. The van der Waals surface area contributed by atoms with E-state index in [2.05, 4.69) is 30.8 Å². The molecule has 0 aliphatic carbocycles. The van der Waals surface area contributed by atoms with Gasteiger partial charge in [0.2, 0.25) is 11.8 Å². The third-order valence-corrected chi connectivity index (χ3v) is 4.22. The molecule has 11 heteroatoms. The molecule has 0 bridgehead atoms. The van der Waals surface area contributed by atoms with Gasteiger partial charge >= 0.3 is 0 Å². The zero-order valence-electron chi connectivity index (χ0n) is 15.1. The quantitative estimate of drug-likeness (QED) is 0.660. The van der Waals surface area contributed by atoms with E-state index in [0.717, 1.165) is 5.69 Å². The molecule has 1 aliphatic heterocycles. The monoisotopic (exact) mass is 374 g/mol. The summed E-state index contributed by atoms with van der Waals surface area (Å²) in [6, 6.07) is -0.288. The summed E-state index contributed by atoms with van der Waals surface area (Å²) in [5.74, 6) is -0.206. The molecule has 1 aliphatic rings. The van der Waals surface area contributed by atoms with Crippen LogP contribution in [0.25, 0.3) is 0 Å². The minimum Gasteiger partial charge on any atom is -0.377 e. The van der Waals surface area contributed by atoms with Crippen molar-refractivity contribution in [2.24, 2.45) is 0 Å². The van der Waals surface area contributed by atoms with E-state index in [9.17, 15) is 9.59 Å². The molecule has 2 amide bonds. The van der Waals surface area contributed by atoms with Gasteiger partial charge < -0.3 is 15.0 Å². The van der Waals surface area contributed by atoms with Crippen molar-refractivity contribution in [3.05, 3.63) is 30.1 Å². The molecule has 1 saturated heterocycles. The molecule has 1 fully saturated rings. The van der Waals surface area contributed by atoms with Crippen LogP contribution in [0, 0.1) is 6.92 Å². The number of tetrazole rings is 1. The van der Waals surface area contributed by atoms with Crippen molar-refractivity contribution in [2.45, 2.75) is 38.9 Å². The molecule has 3 rings (SSSR count). The Balaban J connectivity index is 1.49. The molecule has 0 radical (unpaired) electrons. The zero-order chi connectivity index (χ0) is 19.1. The Morgan fingerprint density at radius 2 is 2.22 bits per heavy atom.